The Hall–Kier alpha value is -0.910. The number of nitrogens with two attached hydrogens (primary N) is 1. The Morgan fingerprint density at radius 2 is 2.17 bits per heavy atom. The SMILES string of the molecule is CC(C)(N)c1cn(Cc2ccc(Br)cc2Cl)nn1. The summed E-state index contributed by atoms with van der Waals surface area (Å²) in [6.07, 6.45) is 1.85. The van der Waals surface area contributed by atoms with Gasteiger partial charge in [0.25, 0.3) is 0 Å². The zero-order valence-electron chi connectivity index (χ0n) is 10.2. The molecule has 1 aromatic heterocycles. The fourth-order valence-electron chi connectivity index (χ4n) is 1.50. The van der Waals surface area contributed by atoms with E-state index in [1.807, 2.05) is 38.2 Å². The van der Waals surface area contributed by atoms with Crippen LogP contribution >= 0.6 is 27.5 Å². The van der Waals surface area contributed by atoms with Crippen molar-refractivity contribution >= 4 is 27.5 Å². The molecule has 0 fully saturated rings. The van der Waals surface area contributed by atoms with Crippen LogP contribution in [0.25, 0.3) is 0 Å². The molecule has 0 unspecified atom stereocenters. The number of nitrogens with zero attached hydrogens (tertiary/aromatic N) is 3. The van der Waals surface area contributed by atoms with Gasteiger partial charge in [-0.1, -0.05) is 38.8 Å². The zero-order chi connectivity index (χ0) is 13.3. The molecule has 0 aliphatic rings. The Morgan fingerprint density at radius 1 is 1.44 bits per heavy atom. The van der Waals surface area contributed by atoms with Crippen LogP contribution in [0.4, 0.5) is 0 Å². The van der Waals surface area contributed by atoms with E-state index in [1.165, 1.54) is 0 Å². The lowest BCUT2D eigenvalue weighted by Gasteiger charge is -2.13. The van der Waals surface area contributed by atoms with Crippen LogP contribution in [0.3, 0.4) is 0 Å². The maximum atomic E-state index is 6.16. The number of aromatic nitrogens is 3. The quantitative estimate of drug-likeness (QED) is 0.942. The van der Waals surface area contributed by atoms with Gasteiger partial charge >= 0.3 is 0 Å². The lowest BCUT2D eigenvalue weighted by atomic mass is 10.0. The van der Waals surface area contributed by atoms with Crippen LogP contribution in [0.15, 0.2) is 28.9 Å². The van der Waals surface area contributed by atoms with Crippen LogP contribution < -0.4 is 5.73 Å². The maximum Gasteiger partial charge on any atom is 0.102 e. The van der Waals surface area contributed by atoms with Gasteiger partial charge < -0.3 is 5.73 Å². The fraction of sp³-hybridized carbons (Fsp3) is 0.333. The van der Waals surface area contributed by atoms with E-state index in [4.69, 9.17) is 17.3 Å². The molecule has 0 radical (unpaired) electrons. The highest BCUT2D eigenvalue weighted by Crippen LogP contribution is 2.22. The lowest BCUT2D eigenvalue weighted by Crippen LogP contribution is -2.29. The van der Waals surface area contributed by atoms with Crippen LogP contribution in [-0.2, 0) is 12.1 Å². The van der Waals surface area contributed by atoms with Crippen LogP contribution in [0.2, 0.25) is 5.02 Å². The van der Waals surface area contributed by atoms with Crippen LogP contribution in [0.5, 0.6) is 0 Å². The molecule has 6 heteroatoms. The van der Waals surface area contributed by atoms with Gasteiger partial charge in [-0.3, -0.25) is 0 Å². The topological polar surface area (TPSA) is 56.7 Å². The van der Waals surface area contributed by atoms with E-state index in [0.29, 0.717) is 11.6 Å². The van der Waals surface area contributed by atoms with Crippen molar-refractivity contribution in [3.05, 3.63) is 45.1 Å². The molecule has 0 amide bonds. The summed E-state index contributed by atoms with van der Waals surface area (Å²) < 4.78 is 2.69. The highest BCUT2D eigenvalue weighted by atomic mass is 79.9. The second kappa shape index (κ2) is 4.99. The first-order valence-corrected chi connectivity index (χ1v) is 6.67. The molecule has 2 N–H and O–H groups in total. The van der Waals surface area contributed by atoms with Crippen LogP contribution in [0.1, 0.15) is 25.1 Å². The van der Waals surface area contributed by atoms with Gasteiger partial charge in [0.2, 0.25) is 0 Å². The molecule has 0 aliphatic heterocycles. The Kier molecular flexibility index (Phi) is 3.75. The molecule has 18 heavy (non-hydrogen) atoms. The van der Waals surface area contributed by atoms with Crippen molar-refractivity contribution in [2.24, 2.45) is 5.73 Å². The summed E-state index contributed by atoms with van der Waals surface area (Å²) in [5.41, 5.74) is 7.23. The van der Waals surface area contributed by atoms with Gasteiger partial charge in [-0.25, -0.2) is 4.68 Å². The molecule has 0 spiro atoms. The Morgan fingerprint density at radius 3 is 2.72 bits per heavy atom. The van der Waals surface area contributed by atoms with Crippen molar-refractivity contribution in [3.63, 3.8) is 0 Å². The number of halogens is 2. The third-order valence-corrected chi connectivity index (χ3v) is 3.39. The standard InChI is InChI=1S/C12H14BrClN4/c1-12(2,15)11-7-18(17-16-11)6-8-3-4-9(13)5-10(8)14/h3-5,7H,6,15H2,1-2H3. The molecule has 2 rings (SSSR count). The first-order valence-electron chi connectivity index (χ1n) is 5.49. The summed E-state index contributed by atoms with van der Waals surface area (Å²) in [7, 11) is 0. The highest BCUT2D eigenvalue weighted by molar-refractivity contribution is 9.10. The minimum Gasteiger partial charge on any atom is -0.320 e. The molecular formula is C12H14BrClN4. The van der Waals surface area contributed by atoms with E-state index in [1.54, 1.807) is 4.68 Å². The van der Waals surface area contributed by atoms with Crippen molar-refractivity contribution in [3.8, 4) is 0 Å². The van der Waals surface area contributed by atoms with E-state index < -0.39 is 5.54 Å². The lowest BCUT2D eigenvalue weighted by molar-refractivity contribution is 0.533. The predicted octanol–water partition coefficient (Wildman–Crippen LogP) is 2.94. The van der Waals surface area contributed by atoms with Gasteiger partial charge in [-0.05, 0) is 31.5 Å². The van der Waals surface area contributed by atoms with Crippen molar-refractivity contribution in [2.45, 2.75) is 25.9 Å². The van der Waals surface area contributed by atoms with Crippen molar-refractivity contribution in [1.29, 1.82) is 0 Å². The maximum absolute atomic E-state index is 6.16. The van der Waals surface area contributed by atoms with Crippen LogP contribution in [-0.4, -0.2) is 15.0 Å². The molecule has 0 saturated carbocycles. The van der Waals surface area contributed by atoms with Crippen molar-refractivity contribution in [2.75, 3.05) is 0 Å². The smallest absolute Gasteiger partial charge is 0.102 e. The Labute approximate surface area is 119 Å². The van der Waals surface area contributed by atoms with Crippen molar-refractivity contribution in [1.82, 2.24) is 15.0 Å². The predicted molar refractivity (Wildman–Crippen MR) is 75.5 cm³/mol. The minimum atomic E-state index is -0.484. The minimum absolute atomic E-state index is 0.484. The van der Waals surface area contributed by atoms with Gasteiger partial charge in [0.05, 0.1) is 18.3 Å². The van der Waals surface area contributed by atoms with Gasteiger partial charge in [-0.15, -0.1) is 5.10 Å². The van der Waals surface area contributed by atoms with Gasteiger partial charge in [0.1, 0.15) is 5.69 Å². The molecular weight excluding hydrogens is 316 g/mol. The molecule has 0 saturated heterocycles. The van der Waals surface area contributed by atoms with E-state index in [2.05, 4.69) is 26.2 Å². The monoisotopic (exact) mass is 328 g/mol. The first kappa shape index (κ1) is 13.5. The highest BCUT2D eigenvalue weighted by Gasteiger charge is 2.18. The second-order valence-electron chi connectivity index (χ2n) is 4.76. The molecule has 4 nitrogen and oxygen atoms in total. The van der Waals surface area contributed by atoms with E-state index in [-0.39, 0.29) is 0 Å². The summed E-state index contributed by atoms with van der Waals surface area (Å²) in [5.74, 6) is 0. The number of hydrogen-bond acceptors (Lipinski definition) is 3. The summed E-state index contributed by atoms with van der Waals surface area (Å²) >= 11 is 9.54. The third-order valence-electron chi connectivity index (χ3n) is 2.55. The average Bonchev–Trinajstić information content (AvgIpc) is 2.70. The molecule has 96 valence electrons. The second-order valence-corrected chi connectivity index (χ2v) is 6.08. The molecule has 0 bridgehead atoms. The molecule has 0 atom stereocenters. The normalized spacial score (nSPS) is 11.8. The third kappa shape index (κ3) is 3.10. The molecule has 1 aromatic carbocycles. The number of benzene rings is 1. The van der Waals surface area contributed by atoms with Crippen LogP contribution in [0, 0.1) is 0 Å². The van der Waals surface area contributed by atoms with Gasteiger partial charge in [0, 0.05) is 9.50 Å². The Bertz CT molecular complexity index is 559. The molecule has 1 heterocycles. The molecule has 0 aliphatic carbocycles. The van der Waals surface area contributed by atoms with E-state index in [0.717, 1.165) is 15.7 Å². The summed E-state index contributed by atoms with van der Waals surface area (Å²) in [6.45, 7) is 4.37. The van der Waals surface area contributed by atoms with E-state index >= 15 is 0 Å². The fourth-order valence-corrected chi connectivity index (χ4v) is 2.23. The van der Waals surface area contributed by atoms with Crippen molar-refractivity contribution < 1.29 is 0 Å². The van der Waals surface area contributed by atoms with E-state index in [9.17, 15) is 0 Å². The average molecular weight is 330 g/mol. The summed E-state index contributed by atoms with van der Waals surface area (Å²) in [4.78, 5) is 0. The Balaban J connectivity index is 2.21. The summed E-state index contributed by atoms with van der Waals surface area (Å²) in [5, 5.41) is 8.83. The number of rotatable bonds is 3. The summed E-state index contributed by atoms with van der Waals surface area (Å²) in [6, 6.07) is 5.77. The number of hydrogen-bond donors (Lipinski definition) is 1. The largest absolute Gasteiger partial charge is 0.320 e. The molecule has 2 aromatic rings. The van der Waals surface area contributed by atoms with Gasteiger partial charge in [0.15, 0.2) is 0 Å². The van der Waals surface area contributed by atoms with Gasteiger partial charge in [-0.2, -0.15) is 0 Å². The first-order chi connectivity index (χ1) is 8.36. The zero-order valence-corrected chi connectivity index (χ0v) is 12.5.